The van der Waals surface area contributed by atoms with Crippen molar-refractivity contribution in [1.82, 2.24) is 4.90 Å². The lowest BCUT2D eigenvalue weighted by molar-refractivity contribution is -0.117. The minimum absolute atomic E-state index is 0.0444. The Bertz CT molecular complexity index is 704. The second kappa shape index (κ2) is 8.72. The lowest BCUT2D eigenvalue weighted by atomic mass is 10.1. The van der Waals surface area contributed by atoms with E-state index in [1.807, 2.05) is 31.3 Å². The van der Waals surface area contributed by atoms with E-state index < -0.39 is 0 Å². The first-order chi connectivity index (χ1) is 12.7. The minimum Gasteiger partial charge on any atom is -0.388 e. The van der Waals surface area contributed by atoms with Gasteiger partial charge in [-0.05, 0) is 48.4 Å². The molecule has 5 heteroatoms. The van der Waals surface area contributed by atoms with Crippen molar-refractivity contribution in [2.75, 3.05) is 55.3 Å². The molecule has 2 aromatic rings. The normalized spacial score (nSPS) is 14.9. The molecule has 2 N–H and O–H groups in total. The number of anilines is 3. The fourth-order valence-corrected chi connectivity index (χ4v) is 3.23. The number of rotatable bonds is 6. The maximum atomic E-state index is 12.3. The summed E-state index contributed by atoms with van der Waals surface area (Å²) in [6.07, 6.45) is 1.07. The molecule has 1 heterocycles. The molecule has 5 nitrogen and oxygen atoms in total. The predicted molar refractivity (Wildman–Crippen MR) is 109 cm³/mol. The molecule has 3 rings (SSSR count). The molecular formula is C21H28N4O. The molecule has 0 aromatic heterocycles. The zero-order valence-electron chi connectivity index (χ0n) is 15.7. The Balaban J connectivity index is 1.46. The van der Waals surface area contributed by atoms with E-state index in [9.17, 15) is 4.79 Å². The van der Waals surface area contributed by atoms with Crippen molar-refractivity contribution in [3.63, 3.8) is 0 Å². The zero-order chi connectivity index (χ0) is 18.4. The molecule has 1 fully saturated rings. The lowest BCUT2D eigenvalue weighted by Gasteiger charge is -2.35. The van der Waals surface area contributed by atoms with E-state index in [4.69, 9.17) is 0 Å². The fraction of sp³-hybridized carbons (Fsp3) is 0.381. The maximum Gasteiger partial charge on any atom is 0.238 e. The summed E-state index contributed by atoms with van der Waals surface area (Å²) >= 11 is 0. The van der Waals surface area contributed by atoms with Gasteiger partial charge in [-0.25, -0.2) is 0 Å². The molecular weight excluding hydrogens is 324 g/mol. The number of benzene rings is 2. The highest BCUT2D eigenvalue weighted by molar-refractivity contribution is 5.92. The number of amides is 1. The van der Waals surface area contributed by atoms with Gasteiger partial charge in [-0.2, -0.15) is 0 Å². The average Bonchev–Trinajstić information content (AvgIpc) is 2.69. The van der Waals surface area contributed by atoms with Crippen molar-refractivity contribution in [3.8, 4) is 0 Å². The van der Waals surface area contributed by atoms with Crippen molar-refractivity contribution in [2.24, 2.45) is 0 Å². The topological polar surface area (TPSA) is 47.6 Å². The monoisotopic (exact) mass is 352 g/mol. The molecule has 0 atom stereocenters. The summed E-state index contributed by atoms with van der Waals surface area (Å²) in [7, 11) is 1.88. The molecule has 0 unspecified atom stereocenters. The number of hydrogen-bond donors (Lipinski definition) is 2. The Hall–Kier alpha value is -2.53. The highest BCUT2D eigenvalue weighted by Gasteiger charge is 2.19. The van der Waals surface area contributed by atoms with E-state index in [2.05, 4.69) is 51.6 Å². The van der Waals surface area contributed by atoms with Crippen LogP contribution in [0.4, 0.5) is 17.1 Å². The molecule has 1 aliphatic heterocycles. The molecule has 0 bridgehead atoms. The Morgan fingerprint density at radius 3 is 2.12 bits per heavy atom. The van der Waals surface area contributed by atoms with Crippen molar-refractivity contribution in [1.29, 1.82) is 0 Å². The van der Waals surface area contributed by atoms with Crippen LogP contribution < -0.4 is 15.5 Å². The summed E-state index contributed by atoms with van der Waals surface area (Å²) in [5.74, 6) is 0.0444. The van der Waals surface area contributed by atoms with Crippen LogP contribution in [0.5, 0.6) is 0 Å². The van der Waals surface area contributed by atoms with Crippen molar-refractivity contribution in [2.45, 2.75) is 13.3 Å². The number of aryl methyl sites for hydroxylation is 1. The van der Waals surface area contributed by atoms with E-state index >= 15 is 0 Å². The van der Waals surface area contributed by atoms with Gasteiger partial charge in [0, 0.05) is 50.3 Å². The third kappa shape index (κ3) is 4.76. The van der Waals surface area contributed by atoms with Gasteiger partial charge in [-0.1, -0.05) is 19.1 Å². The summed E-state index contributed by atoms with van der Waals surface area (Å²) in [6, 6.07) is 16.6. The van der Waals surface area contributed by atoms with Gasteiger partial charge in [0.25, 0.3) is 0 Å². The number of carbonyl (C=O) groups excluding carboxylic acids is 1. The smallest absolute Gasteiger partial charge is 0.238 e. The van der Waals surface area contributed by atoms with Gasteiger partial charge in [0.1, 0.15) is 0 Å². The largest absolute Gasteiger partial charge is 0.388 e. The van der Waals surface area contributed by atoms with Crippen LogP contribution >= 0.6 is 0 Å². The predicted octanol–water partition coefficient (Wildman–Crippen LogP) is 3.05. The van der Waals surface area contributed by atoms with Crippen LogP contribution in [0, 0.1) is 0 Å². The Labute approximate surface area is 156 Å². The van der Waals surface area contributed by atoms with E-state index in [0.717, 1.165) is 44.0 Å². The minimum atomic E-state index is 0.0444. The van der Waals surface area contributed by atoms with Crippen molar-refractivity contribution in [3.05, 3.63) is 54.1 Å². The van der Waals surface area contributed by atoms with Crippen LogP contribution in [0.25, 0.3) is 0 Å². The van der Waals surface area contributed by atoms with Gasteiger partial charge in [0.15, 0.2) is 0 Å². The van der Waals surface area contributed by atoms with Gasteiger partial charge in [0.05, 0.1) is 6.54 Å². The average molecular weight is 352 g/mol. The summed E-state index contributed by atoms with van der Waals surface area (Å²) in [6.45, 7) is 6.33. The Morgan fingerprint density at radius 2 is 1.54 bits per heavy atom. The van der Waals surface area contributed by atoms with Crippen LogP contribution in [-0.4, -0.2) is 50.6 Å². The molecule has 0 spiro atoms. The number of carbonyl (C=O) groups is 1. The Morgan fingerprint density at radius 1 is 0.923 bits per heavy atom. The van der Waals surface area contributed by atoms with Crippen LogP contribution in [0.2, 0.25) is 0 Å². The van der Waals surface area contributed by atoms with E-state index in [1.165, 1.54) is 11.3 Å². The zero-order valence-corrected chi connectivity index (χ0v) is 15.7. The first-order valence-corrected chi connectivity index (χ1v) is 9.32. The molecule has 1 aliphatic rings. The third-order valence-electron chi connectivity index (χ3n) is 4.91. The van der Waals surface area contributed by atoms with E-state index in [-0.39, 0.29) is 5.91 Å². The second-order valence-electron chi connectivity index (χ2n) is 6.66. The third-order valence-corrected chi connectivity index (χ3v) is 4.91. The number of hydrogen-bond acceptors (Lipinski definition) is 4. The van der Waals surface area contributed by atoms with Crippen LogP contribution in [0.3, 0.4) is 0 Å². The standard InChI is InChI=1S/C21H28N4O/c1-3-17-4-10-20(11-5-17)25-14-12-24(13-15-25)16-21(26)23-19-8-6-18(22-2)7-9-19/h4-11,22H,3,12-16H2,1-2H3,(H,23,26). The highest BCUT2D eigenvalue weighted by Crippen LogP contribution is 2.18. The van der Waals surface area contributed by atoms with Gasteiger partial charge in [-0.3, -0.25) is 9.69 Å². The number of nitrogens with one attached hydrogen (secondary N) is 2. The van der Waals surface area contributed by atoms with Crippen molar-refractivity contribution < 1.29 is 4.79 Å². The van der Waals surface area contributed by atoms with Crippen LogP contribution in [-0.2, 0) is 11.2 Å². The number of nitrogens with zero attached hydrogens (tertiary/aromatic N) is 2. The number of piperazine rings is 1. The van der Waals surface area contributed by atoms with Gasteiger partial charge in [0.2, 0.25) is 5.91 Å². The molecule has 0 aliphatic carbocycles. The van der Waals surface area contributed by atoms with Gasteiger partial charge in [-0.15, -0.1) is 0 Å². The molecule has 2 aromatic carbocycles. The van der Waals surface area contributed by atoms with Gasteiger partial charge < -0.3 is 15.5 Å². The summed E-state index contributed by atoms with van der Waals surface area (Å²) in [5.41, 5.74) is 4.51. The fourth-order valence-electron chi connectivity index (χ4n) is 3.23. The van der Waals surface area contributed by atoms with Crippen LogP contribution in [0.15, 0.2) is 48.5 Å². The lowest BCUT2D eigenvalue weighted by Crippen LogP contribution is -2.48. The molecule has 138 valence electrons. The first kappa shape index (κ1) is 18.3. The van der Waals surface area contributed by atoms with Crippen LogP contribution in [0.1, 0.15) is 12.5 Å². The summed E-state index contributed by atoms with van der Waals surface area (Å²) in [5, 5.41) is 6.05. The molecule has 1 saturated heterocycles. The summed E-state index contributed by atoms with van der Waals surface area (Å²) < 4.78 is 0. The van der Waals surface area contributed by atoms with Crippen molar-refractivity contribution >= 4 is 23.0 Å². The molecule has 1 amide bonds. The quantitative estimate of drug-likeness (QED) is 0.839. The first-order valence-electron chi connectivity index (χ1n) is 9.32. The SMILES string of the molecule is CCc1ccc(N2CCN(CC(=O)Nc3ccc(NC)cc3)CC2)cc1. The van der Waals surface area contributed by atoms with E-state index in [0.29, 0.717) is 6.54 Å². The molecule has 26 heavy (non-hydrogen) atoms. The Kier molecular flexibility index (Phi) is 6.12. The van der Waals surface area contributed by atoms with Gasteiger partial charge >= 0.3 is 0 Å². The molecule has 0 radical (unpaired) electrons. The summed E-state index contributed by atoms with van der Waals surface area (Å²) in [4.78, 5) is 16.9. The second-order valence-corrected chi connectivity index (χ2v) is 6.66. The molecule has 0 saturated carbocycles. The maximum absolute atomic E-state index is 12.3. The highest BCUT2D eigenvalue weighted by atomic mass is 16.2. The van der Waals surface area contributed by atoms with E-state index in [1.54, 1.807) is 0 Å².